The summed E-state index contributed by atoms with van der Waals surface area (Å²) >= 11 is 0. The lowest BCUT2D eigenvalue weighted by molar-refractivity contribution is -0.0171. The topological polar surface area (TPSA) is 97.1 Å². The Balaban J connectivity index is 2.01. The first-order valence-corrected chi connectivity index (χ1v) is 4.77. The van der Waals surface area contributed by atoms with Gasteiger partial charge in [0.15, 0.2) is 0 Å². The molecule has 1 fully saturated rings. The van der Waals surface area contributed by atoms with Gasteiger partial charge in [-0.05, 0) is 0 Å². The minimum atomic E-state index is -0.158. The molecule has 2 rings (SSSR count). The Morgan fingerprint density at radius 2 is 2.67 bits per heavy atom. The fourth-order valence-corrected chi connectivity index (χ4v) is 1.50. The Morgan fingerprint density at radius 3 is 3.33 bits per heavy atom. The van der Waals surface area contributed by atoms with Crippen LogP contribution in [0.3, 0.4) is 0 Å². The Kier molecular flexibility index (Phi) is 2.93. The van der Waals surface area contributed by atoms with Gasteiger partial charge in [0.25, 0.3) is 5.91 Å². The van der Waals surface area contributed by atoms with Gasteiger partial charge < -0.3 is 15.4 Å². The number of nitrogens with two attached hydrogens (primary N) is 1. The molecular formula is C8H13N5O2. The molecule has 7 heteroatoms. The van der Waals surface area contributed by atoms with Crippen LogP contribution in [0.4, 0.5) is 0 Å². The number of nitrogens with one attached hydrogen (secondary N) is 1. The number of rotatable bonds is 2. The maximum atomic E-state index is 11.8. The average Bonchev–Trinajstić information content (AvgIpc) is 2.81. The predicted octanol–water partition coefficient (Wildman–Crippen LogP) is -1.40. The molecular weight excluding hydrogens is 198 g/mol. The molecule has 1 aliphatic heterocycles. The third kappa shape index (κ3) is 2.13. The van der Waals surface area contributed by atoms with E-state index in [4.69, 9.17) is 10.5 Å². The van der Waals surface area contributed by atoms with Gasteiger partial charge in [-0.25, -0.2) is 4.98 Å². The standard InChI is InChI=1S/C8H13N5O2/c9-3-6-4-13(1-2-15-6)8(14)7-10-5-11-12-7/h5-6H,1-4,9H2,(H,10,11,12). The summed E-state index contributed by atoms with van der Waals surface area (Å²) in [6.45, 7) is 2.01. The minimum absolute atomic E-state index is 0.0781. The van der Waals surface area contributed by atoms with Gasteiger partial charge in [0, 0.05) is 19.6 Å². The van der Waals surface area contributed by atoms with Crippen LogP contribution in [-0.4, -0.2) is 58.3 Å². The Labute approximate surface area is 86.6 Å². The molecule has 1 atom stereocenters. The number of H-pyrrole nitrogens is 1. The van der Waals surface area contributed by atoms with Crippen LogP contribution >= 0.6 is 0 Å². The maximum Gasteiger partial charge on any atom is 0.291 e. The van der Waals surface area contributed by atoms with Gasteiger partial charge in [-0.15, -0.1) is 0 Å². The van der Waals surface area contributed by atoms with Gasteiger partial charge in [0.05, 0.1) is 12.7 Å². The number of hydrogen-bond acceptors (Lipinski definition) is 5. The van der Waals surface area contributed by atoms with Crippen LogP contribution < -0.4 is 5.73 Å². The van der Waals surface area contributed by atoms with E-state index in [2.05, 4.69) is 15.2 Å². The van der Waals surface area contributed by atoms with Gasteiger partial charge in [-0.1, -0.05) is 0 Å². The zero-order valence-electron chi connectivity index (χ0n) is 8.22. The SMILES string of the molecule is NCC1CN(C(=O)c2ncn[nH]2)CCO1. The van der Waals surface area contributed by atoms with Crippen molar-refractivity contribution in [2.75, 3.05) is 26.2 Å². The van der Waals surface area contributed by atoms with E-state index in [1.54, 1.807) is 4.90 Å². The van der Waals surface area contributed by atoms with Crippen molar-refractivity contribution in [3.05, 3.63) is 12.2 Å². The summed E-state index contributed by atoms with van der Waals surface area (Å²) in [6.07, 6.45) is 1.24. The van der Waals surface area contributed by atoms with E-state index < -0.39 is 0 Å². The van der Waals surface area contributed by atoms with Crippen LogP contribution in [0.5, 0.6) is 0 Å². The molecule has 2 heterocycles. The van der Waals surface area contributed by atoms with E-state index in [1.165, 1.54) is 6.33 Å². The second-order valence-electron chi connectivity index (χ2n) is 3.31. The molecule has 1 amide bonds. The molecule has 15 heavy (non-hydrogen) atoms. The van der Waals surface area contributed by atoms with Gasteiger partial charge >= 0.3 is 0 Å². The number of nitrogens with zero attached hydrogens (tertiary/aromatic N) is 3. The lowest BCUT2D eigenvalue weighted by Gasteiger charge is -2.31. The molecule has 3 N–H and O–H groups in total. The molecule has 0 aromatic carbocycles. The van der Waals surface area contributed by atoms with E-state index >= 15 is 0 Å². The van der Waals surface area contributed by atoms with Crippen LogP contribution in [0.1, 0.15) is 10.6 Å². The minimum Gasteiger partial charge on any atom is -0.373 e. The molecule has 82 valence electrons. The molecule has 1 aliphatic rings. The number of ether oxygens (including phenoxy) is 1. The average molecular weight is 211 g/mol. The van der Waals surface area contributed by atoms with Gasteiger partial charge in [-0.2, -0.15) is 5.10 Å². The smallest absolute Gasteiger partial charge is 0.291 e. The Bertz CT molecular complexity index is 326. The highest BCUT2D eigenvalue weighted by Crippen LogP contribution is 2.06. The Morgan fingerprint density at radius 1 is 1.80 bits per heavy atom. The molecule has 1 unspecified atom stereocenters. The summed E-state index contributed by atoms with van der Waals surface area (Å²) in [4.78, 5) is 17.3. The molecule has 0 spiro atoms. The van der Waals surface area contributed by atoms with Crippen LogP contribution in [0, 0.1) is 0 Å². The normalized spacial score (nSPS) is 21.7. The van der Waals surface area contributed by atoms with Crippen LogP contribution in [0.25, 0.3) is 0 Å². The van der Waals surface area contributed by atoms with Crippen molar-refractivity contribution in [3.8, 4) is 0 Å². The van der Waals surface area contributed by atoms with Crippen LogP contribution in [-0.2, 0) is 4.74 Å². The molecule has 1 saturated heterocycles. The van der Waals surface area contributed by atoms with Gasteiger partial charge in [0.2, 0.25) is 5.82 Å². The summed E-state index contributed by atoms with van der Waals surface area (Å²) < 4.78 is 5.36. The number of morpholine rings is 1. The molecule has 0 bridgehead atoms. The summed E-state index contributed by atoms with van der Waals surface area (Å²) in [5.74, 6) is 0.0990. The number of aromatic amines is 1. The fourth-order valence-electron chi connectivity index (χ4n) is 1.50. The zero-order valence-corrected chi connectivity index (χ0v) is 8.22. The summed E-state index contributed by atoms with van der Waals surface area (Å²) in [5, 5.41) is 6.18. The zero-order chi connectivity index (χ0) is 10.7. The van der Waals surface area contributed by atoms with E-state index in [-0.39, 0.29) is 17.8 Å². The third-order valence-electron chi connectivity index (χ3n) is 2.31. The third-order valence-corrected chi connectivity index (χ3v) is 2.31. The van der Waals surface area contributed by atoms with Crippen molar-refractivity contribution in [2.45, 2.75) is 6.10 Å². The van der Waals surface area contributed by atoms with Crippen molar-refractivity contribution >= 4 is 5.91 Å². The molecule has 1 aromatic heterocycles. The van der Waals surface area contributed by atoms with Crippen LogP contribution in [0.15, 0.2) is 6.33 Å². The van der Waals surface area contributed by atoms with Gasteiger partial charge in [-0.3, -0.25) is 9.89 Å². The van der Waals surface area contributed by atoms with E-state index in [0.717, 1.165) is 0 Å². The molecule has 1 aromatic rings. The van der Waals surface area contributed by atoms with Crippen molar-refractivity contribution in [3.63, 3.8) is 0 Å². The largest absolute Gasteiger partial charge is 0.373 e. The molecule has 0 saturated carbocycles. The lowest BCUT2D eigenvalue weighted by Crippen LogP contribution is -2.48. The highest BCUT2D eigenvalue weighted by Gasteiger charge is 2.25. The lowest BCUT2D eigenvalue weighted by atomic mass is 10.2. The monoisotopic (exact) mass is 211 g/mol. The second-order valence-corrected chi connectivity index (χ2v) is 3.31. The van der Waals surface area contributed by atoms with Crippen molar-refractivity contribution in [2.24, 2.45) is 5.73 Å². The Hall–Kier alpha value is -1.47. The summed E-state index contributed by atoms with van der Waals surface area (Å²) in [7, 11) is 0. The summed E-state index contributed by atoms with van der Waals surface area (Å²) in [5.41, 5.74) is 5.49. The molecule has 7 nitrogen and oxygen atoms in total. The second kappa shape index (κ2) is 4.37. The predicted molar refractivity (Wildman–Crippen MR) is 51.1 cm³/mol. The maximum absolute atomic E-state index is 11.8. The van der Waals surface area contributed by atoms with Crippen molar-refractivity contribution in [1.29, 1.82) is 0 Å². The van der Waals surface area contributed by atoms with E-state index in [1.807, 2.05) is 0 Å². The van der Waals surface area contributed by atoms with E-state index in [0.29, 0.717) is 26.2 Å². The van der Waals surface area contributed by atoms with Gasteiger partial charge in [0.1, 0.15) is 6.33 Å². The molecule has 0 radical (unpaired) electrons. The summed E-state index contributed by atoms with van der Waals surface area (Å²) in [6, 6.07) is 0. The van der Waals surface area contributed by atoms with Crippen molar-refractivity contribution < 1.29 is 9.53 Å². The van der Waals surface area contributed by atoms with E-state index in [9.17, 15) is 4.79 Å². The number of aromatic nitrogens is 3. The molecule has 0 aliphatic carbocycles. The first-order valence-electron chi connectivity index (χ1n) is 4.77. The highest BCUT2D eigenvalue weighted by molar-refractivity contribution is 5.90. The number of hydrogen-bond donors (Lipinski definition) is 2. The highest BCUT2D eigenvalue weighted by atomic mass is 16.5. The number of carbonyl (C=O) groups is 1. The quantitative estimate of drug-likeness (QED) is 0.627. The van der Waals surface area contributed by atoms with Crippen molar-refractivity contribution in [1.82, 2.24) is 20.1 Å². The number of carbonyl (C=O) groups excluding carboxylic acids is 1. The van der Waals surface area contributed by atoms with Crippen LogP contribution in [0.2, 0.25) is 0 Å². The fraction of sp³-hybridized carbons (Fsp3) is 0.625. The first-order chi connectivity index (χ1) is 7.31. The number of amides is 1. The first kappa shape index (κ1) is 10.1.